The lowest BCUT2D eigenvalue weighted by molar-refractivity contribution is -0.136. The van der Waals surface area contributed by atoms with Gasteiger partial charge in [-0.3, -0.25) is 19.6 Å². The molecule has 1 aromatic heterocycles. The van der Waals surface area contributed by atoms with Crippen LogP contribution in [0, 0.1) is 0 Å². The van der Waals surface area contributed by atoms with Gasteiger partial charge in [0, 0.05) is 24.4 Å². The standard InChI is InChI=1S/C14H13N3O3/c18-6-5-9-1-2-11-10(7-9)8-17(16-11)12-3-4-13(19)15-14(12)20/h1-2,6-8,12H,3-5H2,(H,15,19,20). The second kappa shape index (κ2) is 4.88. The topological polar surface area (TPSA) is 81.1 Å². The van der Waals surface area contributed by atoms with E-state index in [-0.39, 0.29) is 11.8 Å². The van der Waals surface area contributed by atoms with Crippen molar-refractivity contribution in [3.05, 3.63) is 30.0 Å². The van der Waals surface area contributed by atoms with Gasteiger partial charge in [0.25, 0.3) is 5.91 Å². The van der Waals surface area contributed by atoms with Crippen LogP contribution in [0.5, 0.6) is 0 Å². The Morgan fingerprint density at radius 1 is 1.40 bits per heavy atom. The zero-order valence-corrected chi connectivity index (χ0v) is 10.7. The van der Waals surface area contributed by atoms with Crippen LogP contribution in [0.2, 0.25) is 0 Å². The second-order valence-corrected chi connectivity index (χ2v) is 4.84. The Balaban J connectivity index is 1.94. The highest BCUT2D eigenvalue weighted by molar-refractivity contribution is 5.99. The SMILES string of the molecule is O=CCc1ccc2nn(C3CCC(=O)NC3=O)cc2c1. The molecule has 2 aromatic rings. The highest BCUT2D eigenvalue weighted by atomic mass is 16.2. The maximum Gasteiger partial charge on any atom is 0.251 e. The number of imide groups is 1. The van der Waals surface area contributed by atoms with E-state index in [0.717, 1.165) is 22.8 Å². The average Bonchev–Trinajstić information content (AvgIpc) is 2.81. The molecule has 0 spiro atoms. The lowest BCUT2D eigenvalue weighted by atomic mass is 10.1. The zero-order valence-electron chi connectivity index (χ0n) is 10.7. The van der Waals surface area contributed by atoms with Crippen molar-refractivity contribution in [2.45, 2.75) is 25.3 Å². The third-order valence-electron chi connectivity index (χ3n) is 3.43. The molecule has 3 rings (SSSR count). The molecule has 0 radical (unpaired) electrons. The van der Waals surface area contributed by atoms with Crippen LogP contribution in [0.4, 0.5) is 0 Å². The van der Waals surface area contributed by atoms with Gasteiger partial charge in [-0.15, -0.1) is 0 Å². The summed E-state index contributed by atoms with van der Waals surface area (Å²) in [6.45, 7) is 0. The van der Waals surface area contributed by atoms with E-state index in [1.807, 2.05) is 18.2 Å². The molecule has 2 amide bonds. The minimum Gasteiger partial charge on any atom is -0.303 e. The molecule has 0 aliphatic carbocycles. The Morgan fingerprint density at radius 3 is 3.00 bits per heavy atom. The van der Waals surface area contributed by atoms with Gasteiger partial charge in [0.05, 0.1) is 5.52 Å². The van der Waals surface area contributed by atoms with E-state index < -0.39 is 6.04 Å². The lowest BCUT2D eigenvalue weighted by Crippen LogP contribution is -2.41. The lowest BCUT2D eigenvalue weighted by Gasteiger charge is -2.20. The summed E-state index contributed by atoms with van der Waals surface area (Å²) < 4.78 is 1.59. The first-order chi connectivity index (χ1) is 9.67. The summed E-state index contributed by atoms with van der Waals surface area (Å²) in [6, 6.07) is 5.11. The summed E-state index contributed by atoms with van der Waals surface area (Å²) in [5, 5.41) is 7.57. The predicted octanol–water partition coefficient (Wildman–Crippen LogP) is 0.755. The number of nitrogens with one attached hydrogen (secondary N) is 1. The van der Waals surface area contributed by atoms with E-state index in [0.29, 0.717) is 19.3 Å². The molecule has 0 saturated carbocycles. The molecule has 6 nitrogen and oxygen atoms in total. The molecule has 1 N–H and O–H groups in total. The Hall–Kier alpha value is -2.50. The van der Waals surface area contributed by atoms with Crippen molar-refractivity contribution in [1.29, 1.82) is 0 Å². The summed E-state index contributed by atoms with van der Waals surface area (Å²) in [5.41, 5.74) is 1.68. The molecule has 20 heavy (non-hydrogen) atoms. The zero-order chi connectivity index (χ0) is 14.1. The number of fused-ring (bicyclic) bond motifs is 1. The summed E-state index contributed by atoms with van der Waals surface area (Å²) in [4.78, 5) is 33.5. The monoisotopic (exact) mass is 271 g/mol. The van der Waals surface area contributed by atoms with Crippen molar-refractivity contribution in [3.8, 4) is 0 Å². The number of aromatic nitrogens is 2. The first-order valence-corrected chi connectivity index (χ1v) is 6.42. The minimum atomic E-state index is -0.449. The summed E-state index contributed by atoms with van der Waals surface area (Å²) in [5.74, 6) is -0.557. The molecule has 1 fully saturated rings. The fraction of sp³-hybridized carbons (Fsp3) is 0.286. The van der Waals surface area contributed by atoms with Crippen molar-refractivity contribution in [2.75, 3.05) is 0 Å². The number of nitrogens with zero attached hydrogens (tertiary/aromatic N) is 2. The van der Waals surface area contributed by atoms with Crippen LogP contribution in [-0.2, 0) is 20.8 Å². The van der Waals surface area contributed by atoms with E-state index in [2.05, 4.69) is 10.4 Å². The second-order valence-electron chi connectivity index (χ2n) is 4.84. The van der Waals surface area contributed by atoms with Crippen molar-refractivity contribution >= 4 is 29.0 Å². The Kier molecular flexibility index (Phi) is 3.06. The summed E-state index contributed by atoms with van der Waals surface area (Å²) >= 11 is 0. The third-order valence-corrected chi connectivity index (χ3v) is 3.43. The largest absolute Gasteiger partial charge is 0.303 e. The van der Waals surface area contributed by atoms with Gasteiger partial charge in [0.15, 0.2) is 0 Å². The van der Waals surface area contributed by atoms with E-state index in [1.54, 1.807) is 10.9 Å². The highest BCUT2D eigenvalue weighted by Crippen LogP contribution is 2.22. The number of benzene rings is 1. The van der Waals surface area contributed by atoms with Gasteiger partial charge in [-0.1, -0.05) is 6.07 Å². The molecule has 1 saturated heterocycles. The number of amides is 2. The van der Waals surface area contributed by atoms with Crippen molar-refractivity contribution in [3.63, 3.8) is 0 Å². The third kappa shape index (κ3) is 2.20. The Bertz CT molecular complexity index is 705. The molecule has 1 atom stereocenters. The molecular weight excluding hydrogens is 258 g/mol. The van der Waals surface area contributed by atoms with Gasteiger partial charge in [0.1, 0.15) is 12.3 Å². The Labute approximate surface area is 114 Å². The van der Waals surface area contributed by atoms with Gasteiger partial charge in [-0.2, -0.15) is 5.10 Å². The number of piperidine rings is 1. The van der Waals surface area contributed by atoms with Crippen LogP contribution in [-0.4, -0.2) is 27.9 Å². The van der Waals surface area contributed by atoms with Gasteiger partial charge in [0.2, 0.25) is 5.91 Å². The van der Waals surface area contributed by atoms with Crippen LogP contribution < -0.4 is 5.32 Å². The fourth-order valence-electron chi connectivity index (χ4n) is 2.41. The highest BCUT2D eigenvalue weighted by Gasteiger charge is 2.28. The maximum atomic E-state index is 11.8. The first-order valence-electron chi connectivity index (χ1n) is 6.42. The molecule has 1 aromatic carbocycles. The molecule has 6 heteroatoms. The smallest absolute Gasteiger partial charge is 0.251 e. The molecule has 102 valence electrons. The first kappa shape index (κ1) is 12.5. The number of aldehydes is 1. The summed E-state index contributed by atoms with van der Waals surface area (Å²) in [7, 11) is 0. The van der Waals surface area contributed by atoms with Crippen LogP contribution in [0.15, 0.2) is 24.4 Å². The number of carbonyl (C=O) groups is 3. The van der Waals surface area contributed by atoms with Crippen molar-refractivity contribution in [1.82, 2.24) is 15.1 Å². The molecular formula is C14H13N3O3. The predicted molar refractivity (Wildman–Crippen MR) is 70.9 cm³/mol. The van der Waals surface area contributed by atoms with Gasteiger partial charge < -0.3 is 4.79 Å². The quantitative estimate of drug-likeness (QED) is 0.660. The molecule has 0 bridgehead atoms. The number of hydrogen-bond donors (Lipinski definition) is 1. The minimum absolute atomic E-state index is 0.240. The van der Waals surface area contributed by atoms with E-state index >= 15 is 0 Å². The van der Waals surface area contributed by atoms with Gasteiger partial charge in [-0.05, 0) is 24.1 Å². The van der Waals surface area contributed by atoms with Crippen LogP contribution in [0.1, 0.15) is 24.4 Å². The molecule has 1 unspecified atom stereocenters. The van der Waals surface area contributed by atoms with Gasteiger partial charge >= 0.3 is 0 Å². The number of rotatable bonds is 3. The van der Waals surface area contributed by atoms with Crippen LogP contribution >= 0.6 is 0 Å². The molecule has 1 aliphatic heterocycles. The van der Waals surface area contributed by atoms with Crippen molar-refractivity contribution in [2.24, 2.45) is 0 Å². The van der Waals surface area contributed by atoms with E-state index in [9.17, 15) is 14.4 Å². The average molecular weight is 271 g/mol. The molecule has 1 aliphatic rings. The summed E-state index contributed by atoms with van der Waals surface area (Å²) in [6.07, 6.45) is 3.78. The van der Waals surface area contributed by atoms with E-state index in [1.165, 1.54) is 0 Å². The van der Waals surface area contributed by atoms with Crippen LogP contribution in [0.25, 0.3) is 10.9 Å². The number of hydrogen-bond acceptors (Lipinski definition) is 4. The number of carbonyl (C=O) groups excluding carboxylic acids is 3. The fourth-order valence-corrected chi connectivity index (χ4v) is 2.41. The van der Waals surface area contributed by atoms with Crippen molar-refractivity contribution < 1.29 is 14.4 Å². The normalized spacial score (nSPS) is 19.1. The van der Waals surface area contributed by atoms with E-state index in [4.69, 9.17) is 0 Å². The van der Waals surface area contributed by atoms with Crippen LogP contribution in [0.3, 0.4) is 0 Å². The Morgan fingerprint density at radius 2 is 2.25 bits per heavy atom. The molecule has 2 heterocycles. The van der Waals surface area contributed by atoms with Gasteiger partial charge in [-0.25, -0.2) is 0 Å². The maximum absolute atomic E-state index is 11.8.